The molecule has 0 aromatic heterocycles. The molecule has 18 heavy (non-hydrogen) atoms. The van der Waals surface area contributed by atoms with Crippen LogP contribution in [0.25, 0.3) is 0 Å². The van der Waals surface area contributed by atoms with Crippen molar-refractivity contribution < 1.29 is 9.90 Å². The molecule has 2 unspecified atom stereocenters. The fraction of sp³-hybridized carbons (Fsp3) is 0.500. The number of rotatable bonds is 3. The van der Waals surface area contributed by atoms with Crippen molar-refractivity contribution >= 4 is 28.5 Å². The van der Waals surface area contributed by atoms with E-state index in [0.717, 1.165) is 34.8 Å². The van der Waals surface area contributed by atoms with Crippen LogP contribution >= 0.6 is 22.6 Å². The molecular weight excluding hydrogens is 341 g/mol. The predicted molar refractivity (Wildman–Crippen MR) is 79.5 cm³/mol. The van der Waals surface area contributed by atoms with Gasteiger partial charge >= 0.3 is 0 Å². The lowest BCUT2D eigenvalue weighted by atomic mass is 9.85. The largest absolute Gasteiger partial charge is 0.396 e. The summed E-state index contributed by atoms with van der Waals surface area (Å²) in [5.74, 6) is 0.189. The molecule has 0 spiro atoms. The first-order valence-electron chi connectivity index (χ1n) is 6.38. The number of carbonyl (C=O) groups is 1. The molecule has 0 bridgehead atoms. The smallest absolute Gasteiger partial charge is 0.252 e. The zero-order valence-corrected chi connectivity index (χ0v) is 12.4. The molecule has 0 radical (unpaired) electrons. The third-order valence-corrected chi connectivity index (χ3v) is 4.52. The van der Waals surface area contributed by atoms with E-state index in [9.17, 15) is 9.90 Å². The molecule has 0 saturated heterocycles. The number of halogens is 1. The molecule has 0 heterocycles. The summed E-state index contributed by atoms with van der Waals surface area (Å²) < 4.78 is 0.962. The average Bonchev–Trinajstić information content (AvgIpc) is 2.39. The summed E-state index contributed by atoms with van der Waals surface area (Å²) in [6.07, 6.45) is 4.27. The zero-order chi connectivity index (χ0) is 13.0. The molecule has 4 heteroatoms. The summed E-state index contributed by atoms with van der Waals surface area (Å²) in [4.78, 5) is 12.2. The van der Waals surface area contributed by atoms with Crippen molar-refractivity contribution in [1.82, 2.24) is 5.32 Å². The highest BCUT2D eigenvalue weighted by molar-refractivity contribution is 14.1. The number of hydrogen-bond acceptors (Lipinski definition) is 2. The molecule has 1 aromatic rings. The van der Waals surface area contributed by atoms with Crippen LogP contribution in [0.15, 0.2) is 24.3 Å². The minimum absolute atomic E-state index is 0.0228. The molecule has 1 aromatic carbocycles. The van der Waals surface area contributed by atoms with Gasteiger partial charge in [-0.25, -0.2) is 0 Å². The Bertz CT molecular complexity index is 422. The molecule has 98 valence electrons. The van der Waals surface area contributed by atoms with Gasteiger partial charge in [0, 0.05) is 22.1 Å². The lowest BCUT2D eigenvalue weighted by Crippen LogP contribution is -2.43. The Balaban J connectivity index is 2.04. The minimum atomic E-state index is -0.0228. The number of benzene rings is 1. The van der Waals surface area contributed by atoms with Crippen molar-refractivity contribution in [1.29, 1.82) is 0 Å². The predicted octanol–water partition coefficient (Wildman–Crippen LogP) is 2.57. The molecule has 2 atom stereocenters. The van der Waals surface area contributed by atoms with Crippen molar-refractivity contribution in [2.75, 3.05) is 6.61 Å². The normalized spacial score (nSPS) is 23.7. The first-order chi connectivity index (χ1) is 8.72. The fourth-order valence-corrected chi connectivity index (χ4v) is 3.14. The third-order valence-electron chi connectivity index (χ3n) is 3.58. The summed E-state index contributed by atoms with van der Waals surface area (Å²) in [6.45, 7) is 0.164. The van der Waals surface area contributed by atoms with Gasteiger partial charge in [-0.3, -0.25) is 4.79 Å². The van der Waals surface area contributed by atoms with Crippen molar-refractivity contribution in [3.8, 4) is 0 Å². The standard InChI is InChI=1S/C14H18INO2/c15-12-7-3-2-6-11(12)14(18)16-13-8-4-1-5-10(13)9-17/h2-3,6-7,10,13,17H,1,4-5,8-9H2,(H,16,18). The zero-order valence-electron chi connectivity index (χ0n) is 10.2. The topological polar surface area (TPSA) is 49.3 Å². The quantitative estimate of drug-likeness (QED) is 0.815. The maximum absolute atomic E-state index is 12.2. The number of amides is 1. The van der Waals surface area contributed by atoms with Crippen LogP contribution in [0.1, 0.15) is 36.0 Å². The Hall–Kier alpha value is -0.620. The Morgan fingerprint density at radius 2 is 2.06 bits per heavy atom. The Labute approximate surface area is 121 Å². The molecule has 1 saturated carbocycles. The van der Waals surface area contributed by atoms with Crippen LogP contribution in [0, 0.1) is 9.49 Å². The van der Waals surface area contributed by atoms with Crippen LogP contribution in [-0.2, 0) is 0 Å². The Morgan fingerprint density at radius 3 is 2.78 bits per heavy atom. The third kappa shape index (κ3) is 3.23. The van der Waals surface area contributed by atoms with Gasteiger partial charge < -0.3 is 10.4 Å². The molecule has 3 nitrogen and oxygen atoms in total. The molecule has 0 aliphatic heterocycles. The first kappa shape index (κ1) is 13.8. The summed E-state index contributed by atoms with van der Waals surface area (Å²) in [6, 6.07) is 7.69. The molecule has 2 rings (SSSR count). The van der Waals surface area contributed by atoms with Crippen molar-refractivity contribution in [2.45, 2.75) is 31.7 Å². The van der Waals surface area contributed by atoms with E-state index in [-0.39, 0.29) is 24.5 Å². The Morgan fingerprint density at radius 1 is 1.33 bits per heavy atom. The maximum Gasteiger partial charge on any atom is 0.252 e. The van der Waals surface area contributed by atoms with E-state index in [2.05, 4.69) is 27.9 Å². The molecule has 1 fully saturated rings. The maximum atomic E-state index is 12.2. The molecule has 1 aliphatic rings. The van der Waals surface area contributed by atoms with Gasteiger partial charge in [0.05, 0.1) is 5.56 Å². The monoisotopic (exact) mass is 359 g/mol. The lowest BCUT2D eigenvalue weighted by molar-refractivity contribution is 0.0871. The number of hydrogen-bond donors (Lipinski definition) is 2. The average molecular weight is 359 g/mol. The highest BCUT2D eigenvalue weighted by atomic mass is 127. The second-order valence-electron chi connectivity index (χ2n) is 4.79. The number of aliphatic hydroxyl groups excluding tert-OH is 1. The van der Waals surface area contributed by atoms with E-state index in [1.165, 1.54) is 0 Å². The van der Waals surface area contributed by atoms with Gasteiger partial charge in [0.25, 0.3) is 5.91 Å². The van der Waals surface area contributed by atoms with E-state index in [1.807, 2.05) is 24.3 Å². The Kier molecular flexibility index (Phi) is 5.00. The second-order valence-corrected chi connectivity index (χ2v) is 5.95. The van der Waals surface area contributed by atoms with Gasteiger partial charge in [-0.05, 0) is 47.6 Å². The van der Waals surface area contributed by atoms with Crippen molar-refractivity contribution in [3.63, 3.8) is 0 Å². The van der Waals surface area contributed by atoms with Crippen LogP contribution in [-0.4, -0.2) is 23.7 Å². The highest BCUT2D eigenvalue weighted by Gasteiger charge is 2.26. The van der Waals surface area contributed by atoms with Gasteiger partial charge in [-0.1, -0.05) is 25.0 Å². The SMILES string of the molecule is O=C(NC1CCCCC1CO)c1ccccc1I. The van der Waals surface area contributed by atoms with E-state index in [4.69, 9.17) is 0 Å². The van der Waals surface area contributed by atoms with E-state index < -0.39 is 0 Å². The molecule has 2 N–H and O–H groups in total. The van der Waals surface area contributed by atoms with E-state index in [1.54, 1.807) is 0 Å². The van der Waals surface area contributed by atoms with Crippen LogP contribution in [0.5, 0.6) is 0 Å². The van der Waals surface area contributed by atoms with Gasteiger partial charge in [0.15, 0.2) is 0 Å². The molecule has 1 aliphatic carbocycles. The lowest BCUT2D eigenvalue weighted by Gasteiger charge is -2.30. The van der Waals surface area contributed by atoms with Gasteiger partial charge in [0.2, 0.25) is 0 Å². The van der Waals surface area contributed by atoms with E-state index >= 15 is 0 Å². The molecule has 1 amide bonds. The summed E-state index contributed by atoms with van der Waals surface area (Å²) in [5.41, 5.74) is 0.723. The summed E-state index contributed by atoms with van der Waals surface area (Å²) in [5, 5.41) is 12.4. The minimum Gasteiger partial charge on any atom is -0.396 e. The van der Waals surface area contributed by atoms with Crippen LogP contribution in [0.4, 0.5) is 0 Å². The number of carbonyl (C=O) groups excluding carboxylic acids is 1. The van der Waals surface area contributed by atoms with Gasteiger partial charge in [0.1, 0.15) is 0 Å². The van der Waals surface area contributed by atoms with Gasteiger partial charge in [-0.2, -0.15) is 0 Å². The fourth-order valence-electron chi connectivity index (χ4n) is 2.51. The van der Waals surface area contributed by atoms with Crippen LogP contribution in [0.3, 0.4) is 0 Å². The van der Waals surface area contributed by atoms with Crippen molar-refractivity contribution in [2.24, 2.45) is 5.92 Å². The first-order valence-corrected chi connectivity index (χ1v) is 7.46. The van der Waals surface area contributed by atoms with Gasteiger partial charge in [-0.15, -0.1) is 0 Å². The molecular formula is C14H18INO2. The van der Waals surface area contributed by atoms with Crippen molar-refractivity contribution in [3.05, 3.63) is 33.4 Å². The number of aliphatic hydroxyl groups is 1. The number of nitrogens with one attached hydrogen (secondary N) is 1. The van der Waals surface area contributed by atoms with Crippen LogP contribution < -0.4 is 5.32 Å². The van der Waals surface area contributed by atoms with Crippen LogP contribution in [0.2, 0.25) is 0 Å². The van der Waals surface area contributed by atoms with E-state index in [0.29, 0.717) is 0 Å². The summed E-state index contributed by atoms with van der Waals surface area (Å²) >= 11 is 2.17. The summed E-state index contributed by atoms with van der Waals surface area (Å²) in [7, 11) is 0. The highest BCUT2D eigenvalue weighted by Crippen LogP contribution is 2.24. The second kappa shape index (κ2) is 6.52.